The number of nitrogens with zero attached hydrogens (tertiary/aromatic N) is 2. The van der Waals surface area contributed by atoms with Gasteiger partial charge >= 0.3 is 6.18 Å². The number of thioether (sulfide) groups is 1. The standard InChI is InChI=1S/C14H14F3N5S/c1-2-23-11-3-9(18)7-22-13(11)21-6-8-5-20-12(4-10(8)19)14(15,16)17/h3-7,19H,2,18H2,1H3,(H,21,22)/b8-6-,19-10?. The predicted octanol–water partition coefficient (Wildman–Crippen LogP) is 3.62. The summed E-state index contributed by atoms with van der Waals surface area (Å²) in [5.74, 6) is 1.33. The highest BCUT2D eigenvalue weighted by Gasteiger charge is 2.35. The van der Waals surface area contributed by atoms with Crippen LogP contribution in [-0.4, -0.2) is 28.8 Å². The number of allylic oxidation sites excluding steroid dienone is 3. The molecule has 1 aliphatic heterocycles. The van der Waals surface area contributed by atoms with Crippen LogP contribution in [0.25, 0.3) is 0 Å². The molecular weight excluding hydrogens is 327 g/mol. The van der Waals surface area contributed by atoms with Crippen molar-refractivity contribution in [2.24, 2.45) is 4.99 Å². The van der Waals surface area contributed by atoms with E-state index in [0.29, 0.717) is 17.6 Å². The van der Waals surface area contributed by atoms with Crippen molar-refractivity contribution in [3.8, 4) is 0 Å². The van der Waals surface area contributed by atoms with Gasteiger partial charge in [0.05, 0.1) is 22.5 Å². The van der Waals surface area contributed by atoms with Gasteiger partial charge in [-0.15, -0.1) is 11.8 Å². The second-order valence-electron chi connectivity index (χ2n) is 4.49. The Kier molecular flexibility index (Phi) is 5.09. The summed E-state index contributed by atoms with van der Waals surface area (Å²) in [4.78, 5) is 8.30. The zero-order valence-electron chi connectivity index (χ0n) is 12.1. The second-order valence-corrected chi connectivity index (χ2v) is 5.80. The molecule has 0 saturated carbocycles. The molecule has 4 N–H and O–H groups in total. The Morgan fingerprint density at radius 3 is 2.78 bits per heavy atom. The van der Waals surface area contributed by atoms with E-state index in [-0.39, 0.29) is 11.3 Å². The number of nitrogens with one attached hydrogen (secondary N) is 2. The molecule has 0 spiro atoms. The number of aliphatic imine (C=N–C) groups is 1. The van der Waals surface area contributed by atoms with E-state index in [9.17, 15) is 13.2 Å². The Morgan fingerprint density at radius 1 is 1.43 bits per heavy atom. The third-order valence-electron chi connectivity index (χ3n) is 2.76. The van der Waals surface area contributed by atoms with Crippen LogP contribution < -0.4 is 11.1 Å². The Bertz CT molecular complexity index is 707. The van der Waals surface area contributed by atoms with Crippen LogP contribution in [0, 0.1) is 5.41 Å². The van der Waals surface area contributed by atoms with Crippen LogP contribution >= 0.6 is 11.8 Å². The molecule has 2 rings (SSSR count). The molecule has 0 radical (unpaired) electrons. The van der Waals surface area contributed by atoms with E-state index in [1.807, 2.05) is 6.92 Å². The lowest BCUT2D eigenvalue weighted by atomic mass is 10.1. The van der Waals surface area contributed by atoms with Crippen molar-refractivity contribution in [1.29, 1.82) is 5.41 Å². The maximum atomic E-state index is 12.5. The smallest absolute Gasteiger partial charge is 0.397 e. The fourth-order valence-corrected chi connectivity index (χ4v) is 2.49. The van der Waals surface area contributed by atoms with Gasteiger partial charge in [0.15, 0.2) is 0 Å². The van der Waals surface area contributed by atoms with Crippen molar-refractivity contribution in [3.05, 3.63) is 35.8 Å². The normalized spacial score (nSPS) is 16.6. The molecule has 0 atom stereocenters. The van der Waals surface area contributed by atoms with Crippen molar-refractivity contribution in [2.45, 2.75) is 18.0 Å². The summed E-state index contributed by atoms with van der Waals surface area (Å²) < 4.78 is 37.6. The topological polar surface area (TPSA) is 87.2 Å². The molecule has 122 valence electrons. The third kappa shape index (κ3) is 4.35. The van der Waals surface area contributed by atoms with Gasteiger partial charge < -0.3 is 16.5 Å². The van der Waals surface area contributed by atoms with E-state index in [1.54, 1.807) is 6.07 Å². The third-order valence-corrected chi connectivity index (χ3v) is 3.67. The summed E-state index contributed by atoms with van der Waals surface area (Å²) in [6.45, 7) is 1.98. The number of alkyl halides is 3. The largest absolute Gasteiger partial charge is 0.433 e. The monoisotopic (exact) mass is 341 g/mol. The van der Waals surface area contributed by atoms with Gasteiger partial charge in [0.1, 0.15) is 11.5 Å². The van der Waals surface area contributed by atoms with E-state index in [4.69, 9.17) is 11.1 Å². The highest BCUT2D eigenvalue weighted by molar-refractivity contribution is 7.99. The molecule has 0 fully saturated rings. The average molecular weight is 341 g/mol. The van der Waals surface area contributed by atoms with Crippen LogP contribution in [0.2, 0.25) is 0 Å². The number of pyridine rings is 1. The zero-order valence-corrected chi connectivity index (χ0v) is 12.9. The van der Waals surface area contributed by atoms with Gasteiger partial charge in [-0.2, -0.15) is 13.2 Å². The van der Waals surface area contributed by atoms with Crippen LogP contribution in [0.4, 0.5) is 24.7 Å². The second kappa shape index (κ2) is 6.86. The lowest BCUT2D eigenvalue weighted by Crippen LogP contribution is -2.17. The number of hydrogen-bond donors (Lipinski definition) is 3. The number of nitrogen functional groups attached to an aromatic ring is 1. The molecule has 5 nitrogen and oxygen atoms in total. The van der Waals surface area contributed by atoms with Gasteiger partial charge in [0.25, 0.3) is 0 Å². The number of anilines is 2. The van der Waals surface area contributed by atoms with Crippen LogP contribution in [-0.2, 0) is 0 Å². The minimum Gasteiger partial charge on any atom is -0.397 e. The molecule has 1 aromatic heterocycles. The summed E-state index contributed by atoms with van der Waals surface area (Å²) in [5.41, 5.74) is 5.06. The SMILES string of the molecule is CCSc1cc(N)cnc1N/C=C1/C=NC(C(F)(F)F)=CC1=N. The van der Waals surface area contributed by atoms with Gasteiger partial charge in [-0.1, -0.05) is 6.92 Å². The number of rotatable bonds is 4. The Morgan fingerprint density at radius 2 is 2.17 bits per heavy atom. The van der Waals surface area contributed by atoms with Crippen molar-refractivity contribution < 1.29 is 13.2 Å². The zero-order chi connectivity index (χ0) is 17.0. The van der Waals surface area contributed by atoms with Gasteiger partial charge in [0.2, 0.25) is 0 Å². The van der Waals surface area contributed by atoms with Crippen LogP contribution in [0.5, 0.6) is 0 Å². The quantitative estimate of drug-likeness (QED) is 0.730. The summed E-state index contributed by atoms with van der Waals surface area (Å²) in [6.07, 6.45) is -0.00480. The first-order chi connectivity index (χ1) is 10.8. The first-order valence-corrected chi connectivity index (χ1v) is 7.56. The summed E-state index contributed by atoms with van der Waals surface area (Å²) in [6, 6.07) is 1.75. The molecule has 0 amide bonds. The van der Waals surface area contributed by atoms with Gasteiger partial charge in [-0.25, -0.2) is 4.98 Å². The minimum atomic E-state index is -4.56. The van der Waals surface area contributed by atoms with Crippen LogP contribution in [0.3, 0.4) is 0 Å². The number of nitrogens with two attached hydrogens (primary N) is 1. The lowest BCUT2D eigenvalue weighted by molar-refractivity contribution is -0.0922. The number of hydrogen-bond acceptors (Lipinski definition) is 6. The highest BCUT2D eigenvalue weighted by Crippen LogP contribution is 2.29. The fraction of sp³-hybridized carbons (Fsp3) is 0.214. The highest BCUT2D eigenvalue weighted by atomic mass is 32.2. The molecule has 2 heterocycles. The maximum Gasteiger partial charge on any atom is 0.433 e. The van der Waals surface area contributed by atoms with Crippen molar-refractivity contribution >= 4 is 35.2 Å². The molecule has 0 unspecified atom stereocenters. The summed E-state index contributed by atoms with van der Waals surface area (Å²) >= 11 is 1.52. The van der Waals surface area contributed by atoms with Crippen molar-refractivity contribution in [1.82, 2.24) is 4.98 Å². The molecule has 0 bridgehead atoms. The molecule has 9 heteroatoms. The van der Waals surface area contributed by atoms with Crippen molar-refractivity contribution in [2.75, 3.05) is 16.8 Å². The molecule has 0 aliphatic carbocycles. The average Bonchev–Trinajstić information content (AvgIpc) is 2.47. The minimum absolute atomic E-state index is 0.226. The maximum absolute atomic E-state index is 12.5. The van der Waals surface area contributed by atoms with E-state index in [0.717, 1.165) is 16.9 Å². The van der Waals surface area contributed by atoms with Crippen LogP contribution in [0.15, 0.2) is 45.7 Å². The van der Waals surface area contributed by atoms with Crippen LogP contribution in [0.1, 0.15) is 6.92 Å². The molecule has 0 saturated heterocycles. The van der Waals surface area contributed by atoms with E-state index < -0.39 is 11.9 Å². The number of aromatic nitrogens is 1. The predicted molar refractivity (Wildman–Crippen MR) is 87.1 cm³/mol. The van der Waals surface area contributed by atoms with Gasteiger partial charge in [0, 0.05) is 18.0 Å². The molecule has 0 aromatic carbocycles. The lowest BCUT2D eigenvalue weighted by Gasteiger charge is -2.13. The first-order valence-electron chi connectivity index (χ1n) is 6.58. The number of halogens is 3. The molecular formula is C14H14F3N5S. The van der Waals surface area contributed by atoms with E-state index >= 15 is 0 Å². The molecule has 1 aliphatic rings. The van der Waals surface area contributed by atoms with Crippen molar-refractivity contribution in [3.63, 3.8) is 0 Å². The Hall–Kier alpha value is -2.29. The van der Waals surface area contributed by atoms with E-state index in [2.05, 4.69) is 15.3 Å². The Labute approximate surface area is 135 Å². The fourth-order valence-electron chi connectivity index (χ4n) is 1.72. The van der Waals surface area contributed by atoms with E-state index in [1.165, 1.54) is 24.2 Å². The Balaban J connectivity index is 2.18. The van der Waals surface area contributed by atoms with Gasteiger partial charge in [-0.3, -0.25) is 4.99 Å². The molecule has 1 aromatic rings. The summed E-state index contributed by atoms with van der Waals surface area (Å²) in [5, 5.41) is 10.6. The van der Waals surface area contributed by atoms with Gasteiger partial charge in [-0.05, 0) is 17.9 Å². The summed E-state index contributed by atoms with van der Waals surface area (Å²) in [7, 11) is 0. The first kappa shape index (κ1) is 17.1. The molecule has 23 heavy (non-hydrogen) atoms.